The Morgan fingerprint density at radius 1 is 1.09 bits per heavy atom. The van der Waals surface area contributed by atoms with E-state index in [0.29, 0.717) is 24.2 Å². The molecule has 1 N–H and O–H groups in total. The Balaban J connectivity index is 1.31. The van der Waals surface area contributed by atoms with Crippen LogP contribution in [0.2, 0.25) is 0 Å². The summed E-state index contributed by atoms with van der Waals surface area (Å²) in [5.41, 5.74) is -0.284. The van der Waals surface area contributed by atoms with Gasteiger partial charge in [-0.25, -0.2) is 4.79 Å². The number of hydrogen-bond acceptors (Lipinski definition) is 6. The smallest absolute Gasteiger partial charge is 0.335 e. The zero-order valence-corrected chi connectivity index (χ0v) is 19.3. The van der Waals surface area contributed by atoms with Crippen molar-refractivity contribution in [2.45, 2.75) is 101 Å². The van der Waals surface area contributed by atoms with Gasteiger partial charge < -0.3 is 19.0 Å². The first-order valence-corrected chi connectivity index (χ1v) is 12.3. The van der Waals surface area contributed by atoms with Crippen LogP contribution in [0.3, 0.4) is 0 Å². The number of hydrogen-bond donors (Lipinski definition) is 1. The molecule has 0 aromatic carbocycles. The highest BCUT2D eigenvalue weighted by molar-refractivity contribution is 5.66. The maximum atomic E-state index is 11.9. The summed E-state index contributed by atoms with van der Waals surface area (Å²) in [7, 11) is 0. The lowest BCUT2D eigenvalue weighted by Gasteiger charge is -2.64. The zero-order valence-electron chi connectivity index (χ0n) is 19.3. The third kappa shape index (κ3) is 2.48. The number of epoxide rings is 1. The Labute approximate surface area is 188 Å². The van der Waals surface area contributed by atoms with Gasteiger partial charge in [-0.2, -0.15) is 0 Å². The second-order valence-corrected chi connectivity index (χ2v) is 11.7. The number of fused-ring (bicyclic) bond motifs is 3. The van der Waals surface area contributed by atoms with Crippen molar-refractivity contribution in [2.75, 3.05) is 0 Å². The fraction of sp³-hybridized carbons (Fsp3) is 0.769. The molecule has 6 heteroatoms. The van der Waals surface area contributed by atoms with Crippen molar-refractivity contribution in [3.8, 4) is 0 Å². The highest BCUT2D eigenvalue weighted by atomic mass is 16.6. The molecule has 1 aromatic heterocycles. The van der Waals surface area contributed by atoms with Gasteiger partial charge in [0.1, 0.15) is 11.7 Å². The van der Waals surface area contributed by atoms with Crippen LogP contribution in [0, 0.1) is 22.7 Å². The maximum Gasteiger partial charge on any atom is 0.335 e. The average molecular weight is 443 g/mol. The molecule has 1 aromatic rings. The Bertz CT molecular complexity index is 997. The molecule has 9 atom stereocenters. The number of rotatable bonds is 2. The predicted octanol–water partition coefficient (Wildman–Crippen LogP) is 3.94. The van der Waals surface area contributed by atoms with Gasteiger partial charge in [0.2, 0.25) is 0 Å². The molecule has 4 saturated carbocycles. The third-order valence-corrected chi connectivity index (χ3v) is 10.6. The first-order valence-electron chi connectivity index (χ1n) is 12.3. The lowest BCUT2D eigenvalue weighted by molar-refractivity contribution is -0.227. The minimum Gasteiger partial charge on any atom is -0.462 e. The van der Waals surface area contributed by atoms with Crippen molar-refractivity contribution < 1.29 is 23.8 Å². The van der Waals surface area contributed by atoms with Crippen LogP contribution in [-0.2, 0) is 14.3 Å². The molecular weight excluding hydrogens is 408 g/mol. The van der Waals surface area contributed by atoms with E-state index in [1.165, 1.54) is 13.0 Å². The minimum absolute atomic E-state index is 0.0134. The number of esters is 1. The number of aliphatic hydroxyl groups is 1. The standard InChI is InChI=1S/C26H34O6/c1-15(27)31-17-6-9-23(2)18-7-10-24(3)20(16-4-5-22(28)30-14-16)12-21-26(24,32-21)19(18)8-11-25(23,29)13-17/h4-5,14,17-21,29H,6-13H2,1-3H3/t17-,18+,19-,20-,21-,23-,24-,25+,26+/m1/s1. The second kappa shape index (κ2) is 6.47. The van der Waals surface area contributed by atoms with Crippen molar-refractivity contribution in [2.24, 2.45) is 22.7 Å². The number of carbonyl (C=O) groups is 1. The molecule has 1 saturated heterocycles. The summed E-state index contributed by atoms with van der Waals surface area (Å²) in [4.78, 5) is 23.0. The molecule has 174 valence electrons. The number of ether oxygens (including phenoxy) is 2. The molecule has 0 unspecified atom stereocenters. The van der Waals surface area contributed by atoms with Crippen LogP contribution in [0.1, 0.15) is 83.6 Å². The van der Waals surface area contributed by atoms with E-state index in [2.05, 4.69) is 13.8 Å². The van der Waals surface area contributed by atoms with E-state index in [9.17, 15) is 14.7 Å². The van der Waals surface area contributed by atoms with E-state index in [1.54, 1.807) is 6.26 Å². The fourth-order valence-electron chi connectivity index (χ4n) is 9.05. The highest BCUT2D eigenvalue weighted by Gasteiger charge is 2.81. The maximum absolute atomic E-state index is 11.9. The number of carbonyl (C=O) groups excluding carboxylic acids is 1. The lowest BCUT2D eigenvalue weighted by Crippen LogP contribution is -2.65. The monoisotopic (exact) mass is 442 g/mol. The summed E-state index contributed by atoms with van der Waals surface area (Å²) >= 11 is 0. The van der Waals surface area contributed by atoms with Gasteiger partial charge in [0.15, 0.2) is 0 Å². The van der Waals surface area contributed by atoms with Crippen molar-refractivity contribution in [1.29, 1.82) is 0 Å². The van der Waals surface area contributed by atoms with Gasteiger partial charge in [-0.15, -0.1) is 0 Å². The molecule has 4 aliphatic carbocycles. The normalized spacial score (nSPS) is 51.1. The Morgan fingerprint density at radius 3 is 2.56 bits per heavy atom. The Morgan fingerprint density at radius 2 is 1.84 bits per heavy atom. The molecule has 32 heavy (non-hydrogen) atoms. The highest BCUT2D eigenvalue weighted by Crippen LogP contribution is 2.78. The van der Waals surface area contributed by atoms with Crippen molar-refractivity contribution in [3.05, 3.63) is 34.4 Å². The predicted molar refractivity (Wildman–Crippen MR) is 116 cm³/mol. The third-order valence-electron chi connectivity index (χ3n) is 10.6. The van der Waals surface area contributed by atoms with Crippen LogP contribution in [0.15, 0.2) is 27.6 Å². The molecular formula is C26H34O6. The van der Waals surface area contributed by atoms with Crippen molar-refractivity contribution in [1.82, 2.24) is 0 Å². The van der Waals surface area contributed by atoms with Gasteiger partial charge in [-0.3, -0.25) is 4.79 Å². The van der Waals surface area contributed by atoms with E-state index in [1.807, 2.05) is 6.07 Å². The van der Waals surface area contributed by atoms with Crippen LogP contribution in [0.5, 0.6) is 0 Å². The fourth-order valence-corrected chi connectivity index (χ4v) is 9.05. The summed E-state index contributed by atoms with van der Waals surface area (Å²) < 4.78 is 17.3. The van der Waals surface area contributed by atoms with Gasteiger partial charge in [0.25, 0.3) is 0 Å². The molecule has 0 bridgehead atoms. The quantitative estimate of drug-likeness (QED) is 0.551. The first kappa shape index (κ1) is 20.9. The summed E-state index contributed by atoms with van der Waals surface area (Å²) in [6.45, 7) is 6.12. The van der Waals surface area contributed by atoms with Gasteiger partial charge in [-0.05, 0) is 79.7 Å². The van der Waals surface area contributed by atoms with Crippen LogP contribution >= 0.6 is 0 Å². The lowest BCUT2D eigenvalue weighted by atomic mass is 9.42. The van der Waals surface area contributed by atoms with Crippen molar-refractivity contribution >= 4 is 5.97 Å². The molecule has 5 fully saturated rings. The van der Waals surface area contributed by atoms with Gasteiger partial charge >= 0.3 is 11.6 Å². The summed E-state index contributed by atoms with van der Waals surface area (Å²) in [5.74, 6) is 0.915. The summed E-state index contributed by atoms with van der Waals surface area (Å²) in [6.07, 6.45) is 8.77. The van der Waals surface area contributed by atoms with Crippen LogP contribution in [0.4, 0.5) is 0 Å². The Kier molecular flexibility index (Phi) is 4.23. The van der Waals surface area contributed by atoms with Crippen LogP contribution < -0.4 is 5.63 Å². The zero-order chi connectivity index (χ0) is 22.5. The topological polar surface area (TPSA) is 89.3 Å². The van der Waals surface area contributed by atoms with E-state index in [-0.39, 0.29) is 40.2 Å². The average Bonchev–Trinajstić information content (AvgIpc) is 3.39. The van der Waals surface area contributed by atoms with E-state index < -0.39 is 5.60 Å². The van der Waals surface area contributed by atoms with Gasteiger partial charge in [-0.1, -0.05) is 13.8 Å². The Hall–Kier alpha value is -1.66. The van der Waals surface area contributed by atoms with Gasteiger partial charge in [0.05, 0.1) is 18.0 Å². The van der Waals surface area contributed by atoms with Gasteiger partial charge in [0, 0.05) is 24.8 Å². The van der Waals surface area contributed by atoms with E-state index in [0.717, 1.165) is 50.5 Å². The van der Waals surface area contributed by atoms with E-state index >= 15 is 0 Å². The van der Waals surface area contributed by atoms with Crippen LogP contribution in [-0.4, -0.2) is 34.5 Å². The SMILES string of the molecule is CC(=O)O[C@@H]1CC[C@]2(C)[C@H]3CC[C@]4(C)[C@@H](c5ccc(=O)oc5)C[C@H]5O[C@@]54[C@@H]3CC[C@]2(O)C1. The molecule has 0 amide bonds. The first-order chi connectivity index (χ1) is 15.1. The van der Waals surface area contributed by atoms with Crippen LogP contribution in [0.25, 0.3) is 0 Å². The van der Waals surface area contributed by atoms with Crippen molar-refractivity contribution in [3.63, 3.8) is 0 Å². The second-order valence-electron chi connectivity index (χ2n) is 11.7. The molecule has 2 heterocycles. The molecule has 6 rings (SSSR count). The largest absolute Gasteiger partial charge is 0.462 e. The summed E-state index contributed by atoms with van der Waals surface area (Å²) in [6, 6.07) is 3.47. The molecule has 6 nitrogen and oxygen atoms in total. The molecule has 0 radical (unpaired) electrons. The van der Waals surface area contributed by atoms with E-state index in [4.69, 9.17) is 13.9 Å². The molecule has 1 spiro atoms. The summed E-state index contributed by atoms with van der Waals surface area (Å²) in [5, 5.41) is 11.9. The minimum atomic E-state index is -0.790. The molecule has 5 aliphatic rings. The molecule has 1 aliphatic heterocycles.